The summed E-state index contributed by atoms with van der Waals surface area (Å²) in [5.41, 5.74) is 0. The molecule has 0 spiro atoms. The van der Waals surface area contributed by atoms with Gasteiger partial charge in [-0.15, -0.1) is 0 Å². The van der Waals surface area contributed by atoms with Crippen LogP contribution in [0.1, 0.15) is 43.0 Å². The first kappa shape index (κ1) is 16.0. The van der Waals surface area contributed by atoms with Crippen molar-refractivity contribution >= 4 is 17.7 Å². The lowest BCUT2D eigenvalue weighted by Crippen LogP contribution is -2.28. The maximum atomic E-state index is 12.0. The van der Waals surface area contributed by atoms with Crippen molar-refractivity contribution in [3.05, 3.63) is 23.7 Å². The molecule has 1 N–H and O–H groups in total. The van der Waals surface area contributed by atoms with Crippen LogP contribution in [0.2, 0.25) is 0 Å². The van der Waals surface area contributed by atoms with Crippen LogP contribution in [0.4, 0.5) is 8.78 Å². The molecule has 1 aromatic heterocycles. The molecular weight excluding hydrogens is 272 g/mol. The second-order valence-electron chi connectivity index (χ2n) is 4.23. The molecule has 1 rings (SSSR count). The molecule has 0 fully saturated rings. The molecule has 108 valence electrons. The lowest BCUT2D eigenvalue weighted by Gasteiger charge is -2.12. The maximum absolute atomic E-state index is 12.0. The summed E-state index contributed by atoms with van der Waals surface area (Å²) < 4.78 is 29.3. The highest BCUT2D eigenvalue weighted by Crippen LogP contribution is 2.21. The first-order valence-corrected chi connectivity index (χ1v) is 7.38. The van der Waals surface area contributed by atoms with Crippen molar-refractivity contribution in [2.75, 3.05) is 6.54 Å². The number of hydrogen-bond donors (Lipinski definition) is 1. The largest absolute Gasteiger partial charge is 0.455 e. The van der Waals surface area contributed by atoms with Crippen LogP contribution in [-0.2, 0) is 5.75 Å². The summed E-state index contributed by atoms with van der Waals surface area (Å²) in [5.74, 6) is -1.64. The van der Waals surface area contributed by atoms with Gasteiger partial charge < -0.3 is 9.73 Å². The van der Waals surface area contributed by atoms with Crippen molar-refractivity contribution < 1.29 is 18.0 Å². The first-order valence-electron chi connectivity index (χ1n) is 6.33. The third-order valence-electron chi connectivity index (χ3n) is 2.94. The van der Waals surface area contributed by atoms with E-state index in [4.69, 9.17) is 4.42 Å². The second kappa shape index (κ2) is 8.19. The minimum atomic E-state index is -2.43. The zero-order valence-electron chi connectivity index (χ0n) is 11.1. The van der Waals surface area contributed by atoms with Crippen LogP contribution in [0.15, 0.2) is 16.5 Å². The molecule has 0 saturated heterocycles. The van der Waals surface area contributed by atoms with Crippen molar-refractivity contribution in [2.45, 2.75) is 38.2 Å². The Morgan fingerprint density at radius 3 is 2.63 bits per heavy atom. The number of nitrogens with one attached hydrogen (secondary N) is 1. The molecule has 0 saturated carbocycles. The normalized spacial score (nSPS) is 11.3. The third-order valence-corrected chi connectivity index (χ3v) is 3.65. The number of carbonyl (C=O) groups is 1. The fraction of sp³-hybridized carbons (Fsp3) is 0.615. The number of hydrogen-bond acceptors (Lipinski definition) is 3. The van der Waals surface area contributed by atoms with Gasteiger partial charge in [0.2, 0.25) is 0 Å². The molecule has 19 heavy (non-hydrogen) atoms. The molecule has 1 aromatic rings. The van der Waals surface area contributed by atoms with E-state index in [9.17, 15) is 13.6 Å². The fourth-order valence-corrected chi connectivity index (χ4v) is 2.07. The van der Waals surface area contributed by atoms with E-state index in [2.05, 4.69) is 19.2 Å². The Balaban J connectivity index is 2.44. The highest BCUT2D eigenvalue weighted by molar-refractivity contribution is 7.98. The smallest absolute Gasteiger partial charge is 0.287 e. The molecule has 0 bridgehead atoms. The lowest BCUT2D eigenvalue weighted by atomic mass is 10.0. The molecular formula is C13H19F2NO2S. The van der Waals surface area contributed by atoms with Gasteiger partial charge >= 0.3 is 0 Å². The molecule has 6 heteroatoms. The SMILES string of the molecule is CCC(CC)CNC(=O)c1ccc(CSC(F)F)o1. The minimum absolute atomic E-state index is 0.0670. The van der Waals surface area contributed by atoms with Crippen molar-refractivity contribution in [3.63, 3.8) is 0 Å². The van der Waals surface area contributed by atoms with Crippen LogP contribution in [0, 0.1) is 5.92 Å². The predicted octanol–water partition coefficient (Wildman–Crippen LogP) is 3.90. The topological polar surface area (TPSA) is 42.2 Å². The minimum Gasteiger partial charge on any atom is -0.455 e. The summed E-state index contributed by atoms with van der Waals surface area (Å²) in [5, 5.41) is 2.79. The zero-order chi connectivity index (χ0) is 14.3. The van der Waals surface area contributed by atoms with Crippen molar-refractivity contribution in [1.82, 2.24) is 5.32 Å². The van der Waals surface area contributed by atoms with E-state index in [0.717, 1.165) is 12.8 Å². The third kappa shape index (κ3) is 5.63. The molecule has 0 aliphatic rings. The first-order chi connectivity index (χ1) is 9.06. The Kier molecular flexibility index (Phi) is 6.91. The predicted molar refractivity (Wildman–Crippen MR) is 72.4 cm³/mol. The molecule has 1 heterocycles. The number of furan rings is 1. The number of halogens is 2. The van der Waals surface area contributed by atoms with Crippen LogP contribution in [0.5, 0.6) is 0 Å². The molecule has 0 aromatic carbocycles. The molecule has 0 radical (unpaired) electrons. The number of amides is 1. The molecule has 0 atom stereocenters. The van der Waals surface area contributed by atoms with E-state index in [1.807, 2.05) is 0 Å². The van der Waals surface area contributed by atoms with Gasteiger partial charge in [0.05, 0.1) is 5.75 Å². The van der Waals surface area contributed by atoms with Gasteiger partial charge in [-0.2, -0.15) is 8.78 Å². The van der Waals surface area contributed by atoms with Crippen molar-refractivity contribution in [1.29, 1.82) is 0 Å². The number of alkyl halides is 2. The van der Waals surface area contributed by atoms with Gasteiger partial charge in [-0.1, -0.05) is 38.5 Å². The molecule has 3 nitrogen and oxygen atoms in total. The average Bonchev–Trinajstić information content (AvgIpc) is 2.86. The quantitative estimate of drug-likeness (QED) is 0.790. The van der Waals surface area contributed by atoms with E-state index >= 15 is 0 Å². The zero-order valence-corrected chi connectivity index (χ0v) is 11.9. The highest BCUT2D eigenvalue weighted by Gasteiger charge is 2.13. The summed E-state index contributed by atoms with van der Waals surface area (Å²) >= 11 is 0.476. The van der Waals surface area contributed by atoms with Gasteiger partial charge in [-0.25, -0.2) is 0 Å². The Labute approximate surface area is 116 Å². The van der Waals surface area contributed by atoms with E-state index in [-0.39, 0.29) is 17.4 Å². The van der Waals surface area contributed by atoms with Gasteiger partial charge in [0, 0.05) is 6.54 Å². The van der Waals surface area contributed by atoms with Gasteiger partial charge in [-0.3, -0.25) is 4.79 Å². The van der Waals surface area contributed by atoms with Crippen LogP contribution in [0.3, 0.4) is 0 Å². The number of carbonyl (C=O) groups excluding carboxylic acids is 1. The standard InChI is InChI=1S/C13H19F2NO2S/c1-3-9(4-2)7-16-12(17)11-6-5-10(18-11)8-19-13(14)15/h5-6,9,13H,3-4,7-8H2,1-2H3,(H,16,17). The number of rotatable bonds is 8. The van der Waals surface area contributed by atoms with Gasteiger partial charge in [-0.05, 0) is 18.1 Å². The molecule has 1 amide bonds. The number of thioether (sulfide) groups is 1. The summed E-state index contributed by atoms with van der Waals surface area (Å²) in [4.78, 5) is 11.8. The van der Waals surface area contributed by atoms with E-state index in [1.165, 1.54) is 6.07 Å². The van der Waals surface area contributed by atoms with Crippen molar-refractivity contribution in [2.24, 2.45) is 5.92 Å². The maximum Gasteiger partial charge on any atom is 0.287 e. The van der Waals surface area contributed by atoms with E-state index < -0.39 is 5.76 Å². The second-order valence-corrected chi connectivity index (χ2v) is 5.21. The Hall–Kier alpha value is -1.04. The Bertz CT molecular complexity index is 392. The van der Waals surface area contributed by atoms with E-state index in [1.54, 1.807) is 6.07 Å². The van der Waals surface area contributed by atoms with Crippen LogP contribution < -0.4 is 5.32 Å². The Morgan fingerprint density at radius 2 is 2.05 bits per heavy atom. The van der Waals surface area contributed by atoms with Crippen LogP contribution >= 0.6 is 11.8 Å². The summed E-state index contributed by atoms with van der Waals surface area (Å²) in [6.07, 6.45) is 2.01. The monoisotopic (exact) mass is 291 g/mol. The van der Waals surface area contributed by atoms with Gasteiger partial charge in [0.1, 0.15) is 5.76 Å². The van der Waals surface area contributed by atoms with Gasteiger partial charge in [0.15, 0.2) is 5.76 Å². The van der Waals surface area contributed by atoms with Crippen LogP contribution in [0.25, 0.3) is 0 Å². The summed E-state index contributed by atoms with van der Waals surface area (Å²) in [7, 11) is 0. The average molecular weight is 291 g/mol. The lowest BCUT2D eigenvalue weighted by molar-refractivity contribution is 0.0917. The van der Waals surface area contributed by atoms with Gasteiger partial charge in [0.25, 0.3) is 11.7 Å². The van der Waals surface area contributed by atoms with Crippen LogP contribution in [-0.4, -0.2) is 18.2 Å². The molecule has 0 unspecified atom stereocenters. The molecule has 0 aliphatic carbocycles. The highest BCUT2D eigenvalue weighted by atomic mass is 32.2. The summed E-state index contributed by atoms with van der Waals surface area (Å²) in [6, 6.07) is 3.07. The Morgan fingerprint density at radius 1 is 1.37 bits per heavy atom. The fourth-order valence-electron chi connectivity index (χ4n) is 1.62. The van der Waals surface area contributed by atoms with Crippen molar-refractivity contribution in [3.8, 4) is 0 Å². The van der Waals surface area contributed by atoms with E-state index in [0.29, 0.717) is 30.0 Å². The summed E-state index contributed by atoms with van der Waals surface area (Å²) in [6.45, 7) is 4.76. The molecule has 0 aliphatic heterocycles.